The normalized spacial score (nSPS) is 15.2. The molecule has 7 nitrogen and oxygen atoms in total. The molecule has 2 N–H and O–H groups in total. The SMILES string of the molecule is COc1ccc2ncc(-c3cc(OCC4(N)CCCCC4)c(C#N)c(SC)c3)n2c1C#N. The third kappa shape index (κ3) is 4.00. The number of hydrogen-bond donors (Lipinski definition) is 1. The summed E-state index contributed by atoms with van der Waals surface area (Å²) in [6.07, 6.45) is 8.88. The zero-order chi connectivity index (χ0) is 22.7. The van der Waals surface area contributed by atoms with Gasteiger partial charge in [-0.1, -0.05) is 19.3 Å². The van der Waals surface area contributed by atoms with Crippen LogP contribution in [0.5, 0.6) is 11.5 Å². The molecule has 4 rings (SSSR count). The van der Waals surface area contributed by atoms with Crippen LogP contribution in [-0.2, 0) is 0 Å². The van der Waals surface area contributed by atoms with Gasteiger partial charge in [-0.3, -0.25) is 4.40 Å². The van der Waals surface area contributed by atoms with Gasteiger partial charge in [0.2, 0.25) is 0 Å². The van der Waals surface area contributed by atoms with Crippen molar-refractivity contribution in [1.82, 2.24) is 9.38 Å². The van der Waals surface area contributed by atoms with Crippen LogP contribution in [0.3, 0.4) is 0 Å². The van der Waals surface area contributed by atoms with E-state index in [1.54, 1.807) is 22.7 Å². The van der Waals surface area contributed by atoms with Gasteiger partial charge >= 0.3 is 0 Å². The number of methoxy groups -OCH3 is 1. The minimum atomic E-state index is -0.370. The molecule has 2 aromatic heterocycles. The van der Waals surface area contributed by atoms with Gasteiger partial charge in [-0.2, -0.15) is 10.5 Å². The number of imidazole rings is 1. The van der Waals surface area contributed by atoms with Gasteiger partial charge in [-0.05, 0) is 43.4 Å². The third-order valence-corrected chi connectivity index (χ3v) is 6.78. The smallest absolute Gasteiger partial charge is 0.169 e. The average Bonchev–Trinajstić information content (AvgIpc) is 3.26. The maximum atomic E-state index is 9.82. The highest BCUT2D eigenvalue weighted by atomic mass is 32.2. The van der Waals surface area contributed by atoms with Gasteiger partial charge in [-0.25, -0.2) is 4.98 Å². The number of benzene rings is 1. The molecule has 2 heterocycles. The van der Waals surface area contributed by atoms with E-state index >= 15 is 0 Å². The lowest BCUT2D eigenvalue weighted by Gasteiger charge is -2.33. The molecule has 1 aromatic carbocycles. The molecule has 32 heavy (non-hydrogen) atoms. The lowest BCUT2D eigenvalue weighted by molar-refractivity contribution is 0.173. The van der Waals surface area contributed by atoms with Crippen molar-refractivity contribution in [3.8, 4) is 34.9 Å². The number of aromatic nitrogens is 2. The molecule has 1 aliphatic rings. The minimum absolute atomic E-state index is 0.359. The fourth-order valence-electron chi connectivity index (χ4n) is 4.28. The molecule has 0 radical (unpaired) electrons. The number of hydrogen-bond acceptors (Lipinski definition) is 7. The number of ether oxygens (including phenoxy) is 2. The third-order valence-electron chi connectivity index (χ3n) is 6.01. The van der Waals surface area contributed by atoms with Crippen molar-refractivity contribution in [2.24, 2.45) is 5.73 Å². The van der Waals surface area contributed by atoms with E-state index in [9.17, 15) is 10.5 Å². The van der Waals surface area contributed by atoms with Crippen LogP contribution in [-0.4, -0.2) is 34.9 Å². The number of fused-ring (bicyclic) bond motifs is 1. The molecule has 0 bridgehead atoms. The van der Waals surface area contributed by atoms with Gasteiger partial charge in [0, 0.05) is 10.5 Å². The first-order valence-corrected chi connectivity index (χ1v) is 11.7. The molecule has 0 amide bonds. The second-order valence-electron chi connectivity index (χ2n) is 8.07. The van der Waals surface area contributed by atoms with Crippen LogP contribution < -0.4 is 15.2 Å². The van der Waals surface area contributed by atoms with Gasteiger partial charge < -0.3 is 15.2 Å². The zero-order valence-corrected chi connectivity index (χ0v) is 19.0. The van der Waals surface area contributed by atoms with Gasteiger partial charge in [0.1, 0.15) is 35.7 Å². The predicted molar refractivity (Wildman–Crippen MR) is 124 cm³/mol. The number of nitriles is 2. The summed E-state index contributed by atoms with van der Waals surface area (Å²) >= 11 is 1.48. The number of nitrogens with zero attached hydrogens (tertiary/aromatic N) is 4. The van der Waals surface area contributed by atoms with Crippen molar-refractivity contribution in [2.75, 3.05) is 20.0 Å². The van der Waals surface area contributed by atoms with Crippen molar-refractivity contribution in [3.05, 3.63) is 41.7 Å². The van der Waals surface area contributed by atoms with Crippen LogP contribution in [0.4, 0.5) is 0 Å². The quantitative estimate of drug-likeness (QED) is 0.553. The average molecular weight is 448 g/mol. The Morgan fingerprint density at radius 3 is 2.59 bits per heavy atom. The molecule has 0 atom stereocenters. The van der Waals surface area contributed by atoms with Crippen LogP contribution in [0.1, 0.15) is 43.4 Å². The van der Waals surface area contributed by atoms with Crippen molar-refractivity contribution in [1.29, 1.82) is 10.5 Å². The molecule has 0 spiro atoms. The highest BCUT2D eigenvalue weighted by molar-refractivity contribution is 7.98. The molecular weight excluding hydrogens is 422 g/mol. The summed E-state index contributed by atoms with van der Waals surface area (Å²) in [6.45, 7) is 0.364. The summed E-state index contributed by atoms with van der Waals surface area (Å²) in [5.74, 6) is 0.970. The summed E-state index contributed by atoms with van der Waals surface area (Å²) in [6, 6.07) is 11.8. The number of thioether (sulfide) groups is 1. The Hall–Kier alpha value is -3.20. The van der Waals surface area contributed by atoms with E-state index in [0.717, 1.165) is 41.8 Å². The first-order valence-electron chi connectivity index (χ1n) is 10.5. The molecule has 164 valence electrons. The number of nitrogens with two attached hydrogens (primary N) is 1. The molecule has 1 aliphatic carbocycles. The van der Waals surface area contributed by atoms with E-state index in [1.807, 2.05) is 18.4 Å². The monoisotopic (exact) mass is 447 g/mol. The first-order chi connectivity index (χ1) is 15.5. The van der Waals surface area contributed by atoms with E-state index in [4.69, 9.17) is 15.2 Å². The van der Waals surface area contributed by atoms with E-state index in [0.29, 0.717) is 35.0 Å². The van der Waals surface area contributed by atoms with Crippen LogP contribution in [0, 0.1) is 22.7 Å². The van der Waals surface area contributed by atoms with Gasteiger partial charge in [0.15, 0.2) is 11.4 Å². The van der Waals surface area contributed by atoms with Crippen LogP contribution in [0.15, 0.2) is 35.4 Å². The van der Waals surface area contributed by atoms with Crippen molar-refractivity contribution in [3.63, 3.8) is 0 Å². The second kappa shape index (κ2) is 9.12. The van der Waals surface area contributed by atoms with Crippen LogP contribution in [0.25, 0.3) is 16.9 Å². The van der Waals surface area contributed by atoms with E-state index in [-0.39, 0.29) is 5.54 Å². The summed E-state index contributed by atoms with van der Waals surface area (Å²) in [5.41, 5.74) is 9.21. The molecule has 3 aromatic rings. The Morgan fingerprint density at radius 2 is 1.94 bits per heavy atom. The zero-order valence-electron chi connectivity index (χ0n) is 18.2. The molecule has 0 aliphatic heterocycles. The summed E-state index contributed by atoms with van der Waals surface area (Å²) in [7, 11) is 1.53. The Kier molecular flexibility index (Phi) is 6.27. The maximum absolute atomic E-state index is 9.82. The van der Waals surface area contributed by atoms with Gasteiger partial charge in [0.25, 0.3) is 0 Å². The Labute approximate surface area is 191 Å². The van der Waals surface area contributed by atoms with Crippen molar-refractivity contribution in [2.45, 2.75) is 42.5 Å². The fraction of sp³-hybridized carbons (Fsp3) is 0.375. The summed E-state index contributed by atoms with van der Waals surface area (Å²) in [4.78, 5) is 5.26. The highest BCUT2D eigenvalue weighted by Gasteiger charge is 2.29. The molecule has 1 fully saturated rings. The van der Waals surface area contributed by atoms with E-state index in [2.05, 4.69) is 17.1 Å². The van der Waals surface area contributed by atoms with Crippen molar-refractivity contribution < 1.29 is 9.47 Å². The number of rotatable bonds is 6. The standard InChI is InChI=1S/C24H25N5O2S/c1-30-20-6-7-23-28-14-19(29(23)18(20)13-26)16-10-21(17(12-25)22(11-16)32-2)31-15-24(27)8-4-3-5-9-24/h6-7,10-11,14H,3-5,8-9,15,27H2,1-2H3. The molecule has 0 saturated heterocycles. The van der Waals surface area contributed by atoms with Gasteiger partial charge in [0.05, 0.1) is 24.5 Å². The fourth-order valence-corrected chi connectivity index (χ4v) is 4.87. The molecule has 1 saturated carbocycles. The minimum Gasteiger partial charge on any atom is -0.494 e. The van der Waals surface area contributed by atoms with Crippen LogP contribution in [0.2, 0.25) is 0 Å². The van der Waals surface area contributed by atoms with E-state index in [1.165, 1.54) is 25.3 Å². The molecule has 8 heteroatoms. The lowest BCUT2D eigenvalue weighted by atomic mass is 9.83. The first kappa shape index (κ1) is 22.0. The Balaban J connectivity index is 1.81. The Bertz CT molecular complexity index is 1230. The maximum Gasteiger partial charge on any atom is 0.169 e. The second-order valence-corrected chi connectivity index (χ2v) is 8.92. The Morgan fingerprint density at radius 1 is 1.16 bits per heavy atom. The number of pyridine rings is 1. The van der Waals surface area contributed by atoms with E-state index < -0.39 is 0 Å². The topological polar surface area (TPSA) is 109 Å². The molecule has 0 unspecified atom stereocenters. The highest BCUT2D eigenvalue weighted by Crippen LogP contribution is 2.37. The largest absolute Gasteiger partial charge is 0.494 e. The molecular formula is C24H25N5O2S. The predicted octanol–water partition coefficient (Wildman–Crippen LogP) is 4.52. The van der Waals surface area contributed by atoms with Crippen molar-refractivity contribution >= 4 is 17.4 Å². The summed E-state index contributed by atoms with van der Waals surface area (Å²) in [5, 5.41) is 19.6. The summed E-state index contributed by atoms with van der Waals surface area (Å²) < 4.78 is 13.3. The van der Waals surface area contributed by atoms with Crippen LogP contribution >= 0.6 is 11.8 Å². The van der Waals surface area contributed by atoms with Gasteiger partial charge in [-0.15, -0.1) is 11.8 Å². The lowest BCUT2D eigenvalue weighted by Crippen LogP contribution is -2.47.